The molecule has 1 N–H and O–H groups in total. The number of nitrogens with zero attached hydrogens (tertiary/aromatic N) is 2. The molecule has 1 atom stereocenters. The quantitative estimate of drug-likeness (QED) is 0.709. The molecule has 0 fully saturated rings. The largest absolute Gasteiger partial charge is 0.490 e. The molecule has 25 heavy (non-hydrogen) atoms. The van der Waals surface area contributed by atoms with Crippen molar-refractivity contribution >= 4 is 0 Å². The highest BCUT2D eigenvalue weighted by Crippen LogP contribution is 2.32. The van der Waals surface area contributed by atoms with Crippen LogP contribution in [0.25, 0.3) is 0 Å². The Kier molecular flexibility index (Phi) is 7.18. The molecular weight excluding hydrogens is 328 g/mol. The molecule has 1 aromatic heterocycles. The second-order valence-electron chi connectivity index (χ2n) is 5.92. The zero-order valence-corrected chi connectivity index (χ0v) is 14.8. The molecule has 0 aliphatic carbocycles. The van der Waals surface area contributed by atoms with Crippen molar-refractivity contribution in [2.75, 3.05) is 13.2 Å². The van der Waals surface area contributed by atoms with E-state index in [1.54, 1.807) is 31.3 Å². The van der Waals surface area contributed by atoms with E-state index in [4.69, 9.17) is 4.74 Å². The summed E-state index contributed by atoms with van der Waals surface area (Å²) in [5.41, 5.74) is 0.650. The van der Waals surface area contributed by atoms with Crippen LogP contribution in [-0.4, -0.2) is 29.3 Å². The molecule has 2 rings (SSSR count). The van der Waals surface area contributed by atoms with Crippen LogP contribution in [0.1, 0.15) is 25.2 Å². The van der Waals surface area contributed by atoms with E-state index in [0.717, 1.165) is 18.9 Å². The molecule has 1 aromatic carbocycles. The predicted molar refractivity (Wildman–Crippen MR) is 92.1 cm³/mol. The fourth-order valence-electron chi connectivity index (χ4n) is 2.64. The summed E-state index contributed by atoms with van der Waals surface area (Å²) in [7, 11) is 0. The summed E-state index contributed by atoms with van der Waals surface area (Å²) in [6.07, 6.45) is 3.73. The molecule has 2 aromatic rings. The van der Waals surface area contributed by atoms with Crippen molar-refractivity contribution in [1.82, 2.24) is 14.9 Å². The molecule has 0 aliphatic heterocycles. The Morgan fingerprint density at radius 2 is 2.12 bits per heavy atom. The van der Waals surface area contributed by atoms with Gasteiger partial charge in [0.1, 0.15) is 5.82 Å². The second kappa shape index (κ2) is 9.36. The van der Waals surface area contributed by atoms with E-state index in [-0.39, 0.29) is 5.75 Å². The minimum Gasteiger partial charge on any atom is -0.490 e. The number of nitrogens with one attached hydrogen (secondary N) is 1. The molecule has 138 valence electrons. The van der Waals surface area contributed by atoms with Crippen LogP contribution in [0.5, 0.6) is 11.5 Å². The fraction of sp³-hybridized carbons (Fsp3) is 0.500. The summed E-state index contributed by atoms with van der Waals surface area (Å²) in [5, 5.41) is 3.30. The van der Waals surface area contributed by atoms with Crippen molar-refractivity contribution < 1.29 is 18.3 Å². The third-order valence-corrected chi connectivity index (χ3v) is 3.81. The molecule has 0 bridgehead atoms. The molecule has 0 saturated carbocycles. The van der Waals surface area contributed by atoms with Crippen molar-refractivity contribution in [3.63, 3.8) is 0 Å². The van der Waals surface area contributed by atoms with E-state index < -0.39 is 6.61 Å². The van der Waals surface area contributed by atoms with E-state index in [1.165, 1.54) is 0 Å². The van der Waals surface area contributed by atoms with E-state index in [2.05, 4.69) is 26.5 Å². The molecule has 0 aliphatic rings. The minimum absolute atomic E-state index is 0.102. The Balaban J connectivity index is 1.95. The van der Waals surface area contributed by atoms with Gasteiger partial charge in [-0.1, -0.05) is 19.1 Å². The highest BCUT2D eigenvalue weighted by atomic mass is 19.3. The lowest BCUT2D eigenvalue weighted by Gasteiger charge is -2.17. The minimum atomic E-state index is -2.89. The maximum atomic E-state index is 12.7. The van der Waals surface area contributed by atoms with Gasteiger partial charge in [-0.15, -0.1) is 0 Å². The van der Waals surface area contributed by atoms with E-state index >= 15 is 0 Å². The van der Waals surface area contributed by atoms with Crippen molar-refractivity contribution in [1.29, 1.82) is 0 Å². The number of halogens is 2. The van der Waals surface area contributed by atoms with Crippen LogP contribution < -0.4 is 14.8 Å². The number of ether oxygens (including phenoxy) is 2. The third-order valence-electron chi connectivity index (χ3n) is 3.81. The molecule has 0 radical (unpaired) electrons. The van der Waals surface area contributed by atoms with E-state index in [1.807, 2.05) is 13.1 Å². The van der Waals surface area contributed by atoms with Gasteiger partial charge in [0.25, 0.3) is 0 Å². The van der Waals surface area contributed by atoms with Gasteiger partial charge in [-0.25, -0.2) is 4.98 Å². The summed E-state index contributed by atoms with van der Waals surface area (Å²) >= 11 is 0. The maximum Gasteiger partial charge on any atom is 0.387 e. The molecule has 0 saturated heterocycles. The molecule has 5 nitrogen and oxygen atoms in total. The molecule has 1 heterocycles. The van der Waals surface area contributed by atoms with Crippen molar-refractivity contribution in [2.24, 2.45) is 5.92 Å². The molecule has 0 spiro atoms. The van der Waals surface area contributed by atoms with E-state index in [0.29, 0.717) is 30.4 Å². The number of hydrogen-bond acceptors (Lipinski definition) is 4. The lowest BCUT2D eigenvalue weighted by molar-refractivity contribution is -0.0521. The molecular formula is C18H25F2N3O2. The number of aryl methyl sites for hydroxylation is 1. The number of hydrogen-bond donors (Lipinski definition) is 1. The smallest absolute Gasteiger partial charge is 0.387 e. The monoisotopic (exact) mass is 353 g/mol. The van der Waals surface area contributed by atoms with Crippen LogP contribution in [0, 0.1) is 12.8 Å². The number of benzene rings is 1. The van der Waals surface area contributed by atoms with Gasteiger partial charge < -0.3 is 19.4 Å². The summed E-state index contributed by atoms with van der Waals surface area (Å²) in [4.78, 5) is 4.20. The van der Waals surface area contributed by atoms with Crippen molar-refractivity contribution in [3.8, 4) is 11.5 Å². The highest BCUT2D eigenvalue weighted by Gasteiger charge is 2.15. The summed E-state index contributed by atoms with van der Waals surface area (Å²) in [5.74, 6) is 1.78. The van der Waals surface area contributed by atoms with Gasteiger partial charge in [0, 0.05) is 31.0 Å². The predicted octanol–water partition coefficient (Wildman–Crippen LogP) is 3.62. The maximum absolute atomic E-state index is 12.7. The Morgan fingerprint density at radius 1 is 1.32 bits per heavy atom. The van der Waals surface area contributed by atoms with Gasteiger partial charge >= 0.3 is 6.61 Å². The highest BCUT2D eigenvalue weighted by molar-refractivity contribution is 5.46. The van der Waals surface area contributed by atoms with Crippen molar-refractivity contribution in [3.05, 3.63) is 42.0 Å². The fourth-order valence-corrected chi connectivity index (χ4v) is 2.64. The number of alkyl halides is 2. The van der Waals surface area contributed by atoms with Crippen LogP contribution in [0.4, 0.5) is 8.78 Å². The lowest BCUT2D eigenvalue weighted by atomic mass is 10.1. The Hall–Kier alpha value is -2.15. The SMILES string of the molecule is CCOc1cccc(CNCC(C)Cn2ccnc2C)c1OC(F)F. The van der Waals surface area contributed by atoms with Gasteiger partial charge in [0.05, 0.1) is 6.61 Å². The lowest BCUT2D eigenvalue weighted by Crippen LogP contribution is -2.24. The van der Waals surface area contributed by atoms with E-state index in [9.17, 15) is 8.78 Å². The Labute approximate surface area is 147 Å². The first-order valence-corrected chi connectivity index (χ1v) is 8.39. The topological polar surface area (TPSA) is 48.3 Å². The first-order valence-electron chi connectivity index (χ1n) is 8.39. The zero-order chi connectivity index (χ0) is 18.2. The van der Waals surface area contributed by atoms with Crippen LogP contribution in [-0.2, 0) is 13.1 Å². The number of imidazole rings is 1. The van der Waals surface area contributed by atoms with Crippen LogP contribution in [0.3, 0.4) is 0 Å². The van der Waals surface area contributed by atoms with Crippen molar-refractivity contribution in [2.45, 2.75) is 40.5 Å². The van der Waals surface area contributed by atoms with Gasteiger partial charge in [0.2, 0.25) is 0 Å². The Bertz CT molecular complexity index is 662. The van der Waals surface area contributed by atoms with Gasteiger partial charge in [-0.05, 0) is 32.4 Å². The normalized spacial score (nSPS) is 12.4. The van der Waals surface area contributed by atoms with Crippen LogP contribution in [0.2, 0.25) is 0 Å². The summed E-state index contributed by atoms with van der Waals surface area (Å²) < 4.78 is 37.6. The third kappa shape index (κ3) is 5.70. The van der Waals surface area contributed by atoms with Crippen LogP contribution >= 0.6 is 0 Å². The first-order chi connectivity index (χ1) is 12.0. The number of para-hydroxylation sites is 1. The first kappa shape index (κ1) is 19.2. The zero-order valence-electron chi connectivity index (χ0n) is 14.8. The molecule has 0 amide bonds. The second-order valence-corrected chi connectivity index (χ2v) is 5.92. The summed E-state index contributed by atoms with van der Waals surface area (Å²) in [6, 6.07) is 5.17. The number of aromatic nitrogens is 2. The standard InChI is InChI=1S/C18H25F2N3O2/c1-4-24-16-7-5-6-15(17(16)25-18(19)20)11-21-10-13(2)12-23-9-8-22-14(23)3/h5-9,13,18,21H,4,10-12H2,1-3H3. The average molecular weight is 353 g/mol. The Morgan fingerprint density at radius 3 is 2.76 bits per heavy atom. The molecule has 1 unspecified atom stereocenters. The molecule has 7 heteroatoms. The number of rotatable bonds is 10. The van der Waals surface area contributed by atoms with Gasteiger partial charge in [-0.3, -0.25) is 0 Å². The van der Waals surface area contributed by atoms with Crippen LogP contribution in [0.15, 0.2) is 30.6 Å². The van der Waals surface area contributed by atoms with Gasteiger partial charge in [-0.2, -0.15) is 8.78 Å². The summed E-state index contributed by atoms with van der Waals surface area (Å²) in [6.45, 7) is 5.41. The van der Waals surface area contributed by atoms with Gasteiger partial charge in [0.15, 0.2) is 11.5 Å². The average Bonchev–Trinajstić information content (AvgIpc) is 2.95.